The average Bonchev–Trinajstić information content (AvgIpc) is 2.65. The number of hydrogen-bond acceptors (Lipinski definition) is 4. The molecule has 10 heteroatoms. The van der Waals surface area contributed by atoms with Crippen LogP contribution >= 0.6 is 15.9 Å². The Labute approximate surface area is 176 Å². The SMILES string of the molecule is Cc1c(Br)cccc1S(=O)(=O)N1CCN(Cc2ccc(OC(F)(F)F)cc2)CC1. The fourth-order valence-electron chi connectivity index (χ4n) is 3.19. The van der Waals surface area contributed by atoms with Crippen molar-refractivity contribution in [1.82, 2.24) is 9.21 Å². The molecule has 2 aromatic carbocycles. The lowest BCUT2D eigenvalue weighted by Gasteiger charge is -2.34. The Kier molecular flexibility index (Phi) is 6.57. The number of benzene rings is 2. The number of nitrogens with zero attached hydrogens (tertiary/aromatic N) is 2. The third-order valence-corrected chi connectivity index (χ3v) is 7.63. The van der Waals surface area contributed by atoms with Crippen molar-refractivity contribution in [3.8, 4) is 5.75 Å². The lowest BCUT2D eigenvalue weighted by molar-refractivity contribution is -0.274. The monoisotopic (exact) mass is 492 g/mol. The summed E-state index contributed by atoms with van der Waals surface area (Å²) in [6.45, 7) is 4.06. The van der Waals surface area contributed by atoms with Gasteiger partial charge in [0.05, 0.1) is 4.90 Å². The zero-order valence-electron chi connectivity index (χ0n) is 15.6. The van der Waals surface area contributed by atoms with Crippen molar-refractivity contribution < 1.29 is 26.3 Å². The number of hydrogen-bond donors (Lipinski definition) is 0. The molecule has 0 saturated carbocycles. The van der Waals surface area contributed by atoms with Crippen LogP contribution in [0.15, 0.2) is 51.8 Å². The molecule has 0 aromatic heterocycles. The first-order valence-electron chi connectivity index (χ1n) is 8.88. The van der Waals surface area contributed by atoms with E-state index in [1.165, 1.54) is 16.4 Å². The van der Waals surface area contributed by atoms with Crippen molar-refractivity contribution in [2.24, 2.45) is 0 Å². The molecule has 1 fully saturated rings. The summed E-state index contributed by atoms with van der Waals surface area (Å²) < 4.78 is 68.7. The van der Waals surface area contributed by atoms with E-state index < -0.39 is 16.4 Å². The second kappa shape index (κ2) is 8.63. The van der Waals surface area contributed by atoms with E-state index in [-0.39, 0.29) is 5.75 Å². The predicted molar refractivity (Wildman–Crippen MR) is 106 cm³/mol. The highest BCUT2D eigenvalue weighted by molar-refractivity contribution is 9.10. The van der Waals surface area contributed by atoms with Gasteiger partial charge in [0.15, 0.2) is 0 Å². The highest BCUT2D eigenvalue weighted by atomic mass is 79.9. The zero-order valence-corrected chi connectivity index (χ0v) is 18.0. The quantitative estimate of drug-likeness (QED) is 0.628. The molecule has 1 aliphatic heterocycles. The van der Waals surface area contributed by atoms with Gasteiger partial charge in [0, 0.05) is 37.2 Å². The fraction of sp³-hybridized carbons (Fsp3) is 0.368. The fourth-order valence-corrected chi connectivity index (χ4v) is 5.36. The van der Waals surface area contributed by atoms with Crippen molar-refractivity contribution in [2.75, 3.05) is 26.2 Å². The van der Waals surface area contributed by atoms with E-state index in [0.717, 1.165) is 10.0 Å². The van der Waals surface area contributed by atoms with Gasteiger partial charge >= 0.3 is 6.36 Å². The Bertz CT molecular complexity index is 958. The van der Waals surface area contributed by atoms with Crippen molar-refractivity contribution in [1.29, 1.82) is 0 Å². The molecule has 0 unspecified atom stereocenters. The van der Waals surface area contributed by atoms with Crippen molar-refractivity contribution in [3.05, 3.63) is 58.1 Å². The molecule has 3 rings (SSSR count). The van der Waals surface area contributed by atoms with Crippen LogP contribution in [0.4, 0.5) is 13.2 Å². The summed E-state index contributed by atoms with van der Waals surface area (Å²) >= 11 is 3.37. The topological polar surface area (TPSA) is 49.9 Å². The zero-order chi connectivity index (χ0) is 21.2. The molecule has 0 atom stereocenters. The number of ether oxygens (including phenoxy) is 1. The Balaban J connectivity index is 1.60. The standard InChI is InChI=1S/C19H20BrF3N2O3S/c1-14-17(20)3-2-4-18(14)29(26,27)25-11-9-24(10-12-25)13-15-5-7-16(8-6-15)28-19(21,22)23/h2-8H,9-13H2,1H3. The minimum atomic E-state index is -4.71. The Hall–Kier alpha value is -1.62. The Morgan fingerprint density at radius 1 is 1.03 bits per heavy atom. The maximum absolute atomic E-state index is 13.0. The van der Waals surface area contributed by atoms with Crippen LogP contribution in [0.1, 0.15) is 11.1 Å². The third-order valence-electron chi connectivity index (χ3n) is 4.73. The summed E-state index contributed by atoms with van der Waals surface area (Å²) in [5, 5.41) is 0. The minimum Gasteiger partial charge on any atom is -0.406 e. The molecule has 0 amide bonds. The summed E-state index contributed by atoms with van der Waals surface area (Å²) in [6, 6.07) is 10.8. The normalized spacial score (nSPS) is 16.7. The number of sulfonamides is 1. The molecule has 5 nitrogen and oxygen atoms in total. The van der Waals surface area contributed by atoms with E-state index in [4.69, 9.17) is 0 Å². The average molecular weight is 493 g/mol. The molecule has 0 radical (unpaired) electrons. The Morgan fingerprint density at radius 3 is 2.24 bits per heavy atom. The molecule has 2 aromatic rings. The maximum atomic E-state index is 13.0. The van der Waals surface area contributed by atoms with Gasteiger partial charge in [-0.2, -0.15) is 4.31 Å². The van der Waals surface area contributed by atoms with E-state index in [1.807, 2.05) is 0 Å². The van der Waals surface area contributed by atoms with Crippen LogP contribution in [0.5, 0.6) is 5.75 Å². The molecule has 1 saturated heterocycles. The summed E-state index contributed by atoms with van der Waals surface area (Å²) in [5.41, 5.74) is 1.51. The molecule has 29 heavy (non-hydrogen) atoms. The van der Waals surface area contributed by atoms with Crippen LogP contribution in [0.25, 0.3) is 0 Å². The van der Waals surface area contributed by atoms with E-state index in [1.54, 1.807) is 37.3 Å². The molecule has 1 aliphatic rings. The van der Waals surface area contributed by atoms with E-state index in [2.05, 4.69) is 25.6 Å². The summed E-state index contributed by atoms with van der Waals surface area (Å²) in [4.78, 5) is 2.36. The van der Waals surface area contributed by atoms with Crippen molar-refractivity contribution in [2.45, 2.75) is 24.7 Å². The smallest absolute Gasteiger partial charge is 0.406 e. The number of halogens is 4. The highest BCUT2D eigenvalue weighted by Crippen LogP contribution is 2.27. The Morgan fingerprint density at radius 2 is 1.66 bits per heavy atom. The first-order chi connectivity index (χ1) is 13.6. The number of rotatable bonds is 5. The van der Waals surface area contributed by atoms with Gasteiger partial charge in [0.2, 0.25) is 10.0 Å². The second-order valence-corrected chi connectivity index (χ2v) is 9.50. The molecule has 0 N–H and O–H groups in total. The summed E-state index contributed by atoms with van der Waals surface area (Å²) in [6.07, 6.45) is -4.71. The molecular weight excluding hydrogens is 473 g/mol. The van der Waals surface area contributed by atoms with Crippen molar-refractivity contribution in [3.63, 3.8) is 0 Å². The van der Waals surface area contributed by atoms with Crippen LogP contribution in [-0.4, -0.2) is 50.2 Å². The maximum Gasteiger partial charge on any atom is 0.573 e. The van der Waals surface area contributed by atoms with Gasteiger partial charge in [-0.3, -0.25) is 4.90 Å². The lowest BCUT2D eigenvalue weighted by Crippen LogP contribution is -2.48. The van der Waals surface area contributed by atoms with Crippen molar-refractivity contribution >= 4 is 26.0 Å². The largest absolute Gasteiger partial charge is 0.573 e. The van der Waals surface area contributed by atoms with Crippen LogP contribution in [0.3, 0.4) is 0 Å². The molecule has 0 spiro atoms. The van der Waals surface area contributed by atoms with Gasteiger partial charge in [-0.1, -0.05) is 34.1 Å². The predicted octanol–water partition coefficient (Wildman–Crippen LogP) is 4.16. The van der Waals surface area contributed by atoms with Gasteiger partial charge in [-0.15, -0.1) is 13.2 Å². The van der Waals surface area contributed by atoms with Crippen LogP contribution in [-0.2, 0) is 16.6 Å². The first-order valence-corrected chi connectivity index (χ1v) is 11.1. The van der Waals surface area contributed by atoms with Gasteiger partial charge in [-0.25, -0.2) is 8.42 Å². The number of piperazine rings is 1. The van der Waals surface area contributed by atoms with Gasteiger partial charge in [-0.05, 0) is 42.3 Å². The first kappa shape index (κ1) is 22.1. The van der Waals surface area contributed by atoms with E-state index in [0.29, 0.717) is 43.2 Å². The summed E-state index contributed by atoms with van der Waals surface area (Å²) in [5.74, 6) is -0.262. The molecule has 0 bridgehead atoms. The van der Waals surface area contributed by atoms with Gasteiger partial charge < -0.3 is 4.74 Å². The molecule has 0 aliphatic carbocycles. The van der Waals surface area contributed by atoms with Crippen LogP contribution in [0, 0.1) is 6.92 Å². The minimum absolute atomic E-state index is 0.262. The van der Waals surface area contributed by atoms with E-state index in [9.17, 15) is 21.6 Å². The van der Waals surface area contributed by atoms with E-state index >= 15 is 0 Å². The lowest BCUT2D eigenvalue weighted by atomic mass is 10.2. The van der Waals surface area contributed by atoms with Crippen LogP contribution < -0.4 is 4.74 Å². The van der Waals surface area contributed by atoms with Gasteiger partial charge in [0.1, 0.15) is 5.75 Å². The molecule has 158 valence electrons. The van der Waals surface area contributed by atoms with Gasteiger partial charge in [0.25, 0.3) is 0 Å². The molecular formula is C19H20BrF3N2O3S. The number of alkyl halides is 3. The van der Waals surface area contributed by atoms with Crippen LogP contribution in [0.2, 0.25) is 0 Å². The molecule has 1 heterocycles. The summed E-state index contributed by atoms with van der Waals surface area (Å²) in [7, 11) is -3.58. The second-order valence-electron chi connectivity index (χ2n) is 6.73. The third kappa shape index (κ3) is 5.50. The highest BCUT2D eigenvalue weighted by Gasteiger charge is 2.31.